The van der Waals surface area contributed by atoms with Crippen molar-refractivity contribution in [3.8, 4) is 0 Å². The van der Waals surface area contributed by atoms with Crippen LogP contribution in [0.5, 0.6) is 0 Å². The van der Waals surface area contributed by atoms with E-state index in [1.807, 2.05) is 0 Å². The molecule has 12 aromatic rings. The number of nitrogens with zero attached hydrogens (tertiary/aromatic N) is 21. The summed E-state index contributed by atoms with van der Waals surface area (Å²) in [6, 6.07) is 0. The molecule has 9 saturated heterocycles. The third kappa shape index (κ3) is 18.7. The minimum atomic E-state index is -5.05. The molecule has 736 valence electrons. The van der Waals surface area contributed by atoms with Crippen molar-refractivity contribution >= 4 is 153 Å². The van der Waals surface area contributed by atoms with Crippen molar-refractivity contribution in [1.82, 2.24) is 117 Å². The van der Waals surface area contributed by atoms with Crippen LogP contribution in [0.3, 0.4) is 0 Å². The number of methoxy groups -OCH3 is 3. The minimum absolute atomic E-state index is 0.0127. The summed E-state index contributed by atoms with van der Waals surface area (Å²) in [6.45, 7) is 0.801. The van der Waals surface area contributed by atoms with Crippen LogP contribution in [0.25, 0.3) is 67.0 Å². The summed E-state index contributed by atoms with van der Waals surface area (Å²) < 4.78 is 255. The van der Waals surface area contributed by atoms with Crippen molar-refractivity contribution in [2.45, 2.75) is 168 Å². The molecular formula is C66H78B3F3N27O33P6-. The monoisotopic (exact) mass is 2050 g/mol. The first-order chi connectivity index (χ1) is 65.6. The van der Waals surface area contributed by atoms with Crippen LogP contribution in [0.1, 0.15) is 54.8 Å². The lowest BCUT2D eigenvalue weighted by atomic mass is 10.1. The number of hydrogen-bond acceptors (Lipinski definition) is 48. The van der Waals surface area contributed by atoms with Gasteiger partial charge in [-0.2, -0.15) is 0 Å². The predicted octanol–water partition coefficient (Wildman–Crippen LogP) is -0.226. The minimum Gasteiger partial charge on any atom is -0.382 e. The van der Waals surface area contributed by atoms with Crippen molar-refractivity contribution in [2.24, 2.45) is 0 Å². The molecule has 9 aliphatic rings. The van der Waals surface area contributed by atoms with E-state index < -0.39 is 251 Å². The summed E-state index contributed by atoms with van der Waals surface area (Å²) in [5.74, 6) is 0.928. The van der Waals surface area contributed by atoms with Gasteiger partial charge in [0.2, 0.25) is 15.1 Å². The Bertz CT molecular complexity index is 6550. The number of halogens is 3. The Morgan fingerprint density at radius 2 is 0.616 bits per heavy atom. The van der Waals surface area contributed by atoms with Gasteiger partial charge in [-0.25, -0.2) is 102 Å². The van der Waals surface area contributed by atoms with Gasteiger partial charge in [0.15, 0.2) is 124 Å². The van der Waals surface area contributed by atoms with Crippen LogP contribution < -0.4 is 33.9 Å². The highest BCUT2D eigenvalue weighted by Crippen LogP contribution is 2.59. The second-order valence-corrected chi connectivity index (χ2v) is 39.6. The number of rotatable bonds is 9. The zero-order valence-corrected chi connectivity index (χ0v) is 76.3. The molecule has 30 atom stereocenters. The second-order valence-electron chi connectivity index (χ2n) is 31.4. The molecule has 0 amide bonds. The summed E-state index contributed by atoms with van der Waals surface area (Å²) in [6.07, 6.45) is -23.8. The number of H-pyrrole nitrogens is 3. The number of nitrogen functional groups attached to an aromatic ring is 3. The third-order valence-corrected chi connectivity index (χ3v) is 28.7. The Morgan fingerprint density at radius 1 is 0.362 bits per heavy atom. The fraction of sp³-hybridized carbons (Fsp3) is 0.545. The van der Waals surface area contributed by atoms with Crippen LogP contribution >= 0.6 is 45.9 Å². The van der Waals surface area contributed by atoms with Gasteiger partial charge in [-0.1, -0.05) is 0 Å². The molecule has 21 rings (SSSR count). The van der Waals surface area contributed by atoms with E-state index in [1.54, 1.807) is 20.8 Å². The average molecular weight is 2050 g/mol. The van der Waals surface area contributed by atoms with E-state index in [-0.39, 0.29) is 109 Å². The number of aryl methyl sites for hydroxylation is 3. The Morgan fingerprint density at radius 3 is 0.928 bits per heavy atom. The lowest BCUT2D eigenvalue weighted by Gasteiger charge is -2.28. The molecular weight excluding hydrogens is 1970 g/mol. The van der Waals surface area contributed by atoms with Gasteiger partial charge in [0.05, 0.1) is 85.2 Å². The van der Waals surface area contributed by atoms with E-state index in [9.17, 15) is 56.5 Å². The van der Waals surface area contributed by atoms with Crippen LogP contribution in [0.4, 0.5) is 30.6 Å². The highest BCUT2D eigenvalue weighted by molar-refractivity contribution is 7.80. The summed E-state index contributed by atoms with van der Waals surface area (Å²) in [5.41, 5.74) is 17.1. The maximum absolute atomic E-state index is 16.1. The highest BCUT2D eigenvalue weighted by atomic mass is 31.2. The van der Waals surface area contributed by atoms with Crippen molar-refractivity contribution in [3.05, 3.63) is 105 Å². The molecule has 9 fully saturated rings. The highest BCUT2D eigenvalue weighted by Gasteiger charge is 2.60. The van der Waals surface area contributed by atoms with Gasteiger partial charge in [0, 0.05) is 21.3 Å². The predicted molar refractivity (Wildman–Crippen MR) is 457 cm³/mol. The molecule has 0 saturated carbocycles. The number of ether oxygens (including phenoxy) is 9. The smallest absolute Gasteiger partial charge is 0.382 e. The van der Waals surface area contributed by atoms with E-state index >= 15 is 13.2 Å². The van der Waals surface area contributed by atoms with Gasteiger partial charge in [0.1, 0.15) is 152 Å². The van der Waals surface area contributed by atoms with Crippen molar-refractivity contribution in [3.63, 3.8) is 0 Å². The van der Waals surface area contributed by atoms with Gasteiger partial charge in [-0.15, -0.1) is 0 Å². The van der Waals surface area contributed by atoms with Gasteiger partial charge in [0.25, 0.3) is 31.6 Å². The normalized spacial score (nSPS) is 37.1. The number of imidazole rings is 6. The molecule has 27 unspecified atom stereocenters. The maximum atomic E-state index is 16.1. The number of phosphoric acid groups is 3. The molecule has 4 radical (unpaired) electrons. The van der Waals surface area contributed by atoms with E-state index in [1.165, 1.54) is 93.0 Å². The molecule has 0 aromatic carbocycles. The molecule has 72 heteroatoms. The number of hydrogen-bond donors (Lipinski definition) is 9. The summed E-state index contributed by atoms with van der Waals surface area (Å²) in [7, 11) is -13.4. The van der Waals surface area contributed by atoms with Crippen LogP contribution in [-0.2, 0) is 124 Å². The van der Waals surface area contributed by atoms with Crippen molar-refractivity contribution in [1.29, 1.82) is 0 Å². The first-order valence-corrected chi connectivity index (χ1v) is 49.3. The number of phosphoric ester groups is 3. The maximum Gasteiger partial charge on any atom is 0.472 e. The van der Waals surface area contributed by atoms with Crippen LogP contribution in [0, 0.1) is 20.8 Å². The Kier molecular flexibility index (Phi) is 26.4. The summed E-state index contributed by atoms with van der Waals surface area (Å²) in [5, 5.41) is 0. The van der Waals surface area contributed by atoms with Gasteiger partial charge in [-0.3, -0.25) is 78.1 Å². The topological polar surface area (TPSA) is 757 Å². The molecule has 12 N–H and O–H groups in total. The fourth-order valence-corrected chi connectivity index (χ4v) is 22.4. The number of aromatic amines is 3. The number of anilines is 3. The van der Waals surface area contributed by atoms with E-state index in [2.05, 4.69) is 89.7 Å². The van der Waals surface area contributed by atoms with Crippen molar-refractivity contribution < 1.29 is 152 Å². The fourth-order valence-electron chi connectivity index (χ4n) is 16.8. The van der Waals surface area contributed by atoms with Gasteiger partial charge >= 0.3 is 23.5 Å². The van der Waals surface area contributed by atoms with Gasteiger partial charge < -0.3 is 121 Å². The molecule has 0 aliphatic carbocycles. The standard InChI is InChI=1S/C22H28BFN9O11P2.2C22H25BFN9O11P2/c1-8-30-19-13(20(34)31-8)29-7-33(19)22-16-15(38-2)10(42-22)3-39-45(23,35)43-14-9(4-40-46(36,37)44-16)41-21(11(14)24)32-6-28-12-17(25)26-5-27-18(12)32;2*1-8-30-19-13(20(34)31-8)29-7-33(19)22-16-15(38-2)10(42-22)4-40-46(36,37)44-14-9(3-39-45(23,35)43-16)41-21(11(14)24)32-6-28-12-17(25)26-5-27-18(12)32/h5-7,9-11,14-16,21-22H,3-4H2,1-2,23H3,(H,36,37)(H2,25,26,27)(H,30,31,34);2*5-7,9-11,14-16,21-22H,3-4H2,1-2H3,(H,36,37)(H2,25,26,27)(H,30,31,34)/q-1;;/t3*9?,10?,11?,14?,15?,16?,21?,22?,45-/m010/s1. The number of fused-ring (bicyclic) bond motifs is 15. The number of aromatic nitrogens is 24. The summed E-state index contributed by atoms with van der Waals surface area (Å²) >= 11 is 0. The molecule has 60 nitrogen and oxygen atoms in total. The molecule has 21 heterocycles. The van der Waals surface area contributed by atoms with E-state index in [4.69, 9.17) is 129 Å². The van der Waals surface area contributed by atoms with E-state index in [0.29, 0.717) is 0 Å². The Balaban J connectivity index is 0.000000132. The SMILES string of the molecule is [BH3-][P@]1(=O)OCC2OC(n3cnc4c(=O)[nH]c(C)nc43)C(OP(=O)(O)OCC3OC(n4cnc5c(N)ncnc54)C(F)C3O1)C2OC.[B][P@@]1(=O)OCC2OC(n3cnc4c(N)ncnc43)C(F)C2OP(=O)(O)OCC2OC(n3cnc4c(=O)[nH]c(C)nc43)C(O1)C2OC.[B][P@]1(=O)OCC2OC(n3cnc4c(N)ncnc43)C(F)C2OP(=O)(O)OCC2OC(n3cnc4c(=O)[nH]c(C)nc43)C(O1)C2OC. The second kappa shape index (κ2) is 37.4. The summed E-state index contributed by atoms with van der Waals surface area (Å²) in [4.78, 5) is 139. The molecule has 6 bridgehead atoms. The van der Waals surface area contributed by atoms with Crippen molar-refractivity contribution in [2.75, 3.05) is 78.2 Å². The third-order valence-electron chi connectivity index (χ3n) is 22.8. The largest absolute Gasteiger partial charge is 0.472 e. The Labute approximate surface area is 771 Å². The average Bonchev–Trinajstić information content (AvgIpc) is 1.84. The van der Waals surface area contributed by atoms with Crippen LogP contribution in [0.15, 0.2) is 71.3 Å². The molecule has 138 heavy (non-hydrogen) atoms. The van der Waals surface area contributed by atoms with Crippen LogP contribution in [-0.4, -0.2) is 326 Å². The quantitative estimate of drug-likeness (QED) is 0.0666. The Hall–Kier alpha value is -9.50. The number of nitrogens with one attached hydrogen (secondary N) is 3. The lowest BCUT2D eigenvalue weighted by molar-refractivity contribution is -0.0631. The number of nitrogens with two attached hydrogens (primary N) is 3. The molecule has 0 spiro atoms. The molecule has 9 aliphatic heterocycles. The van der Waals surface area contributed by atoms with E-state index in [0.717, 1.165) is 12.7 Å². The lowest BCUT2D eigenvalue weighted by Crippen LogP contribution is -2.37. The first-order valence-electron chi connectivity index (χ1n) is 40.5. The molecule has 12 aromatic heterocycles. The zero-order chi connectivity index (χ0) is 97.6. The van der Waals surface area contributed by atoms with Gasteiger partial charge in [-0.05, 0) is 20.8 Å². The van der Waals surface area contributed by atoms with Crippen LogP contribution in [0.2, 0.25) is 0 Å². The zero-order valence-electron chi connectivity index (χ0n) is 71.0. The number of alkyl halides is 3. The first kappa shape index (κ1) is 97.3.